The zero-order valence-corrected chi connectivity index (χ0v) is 10.6. The van der Waals surface area contributed by atoms with Crippen molar-refractivity contribution >= 4 is 21.9 Å². The summed E-state index contributed by atoms with van der Waals surface area (Å²) in [5, 5.41) is 12.2. The van der Waals surface area contributed by atoms with Gasteiger partial charge in [-0.1, -0.05) is 34.1 Å². The van der Waals surface area contributed by atoms with Crippen LogP contribution < -0.4 is 5.32 Å². The molecule has 1 aromatic rings. The van der Waals surface area contributed by atoms with E-state index in [0.717, 1.165) is 16.5 Å². The lowest BCUT2D eigenvalue weighted by atomic mass is 10.0. The number of hydrogen-bond donors (Lipinski definition) is 2. The maximum Gasteiger partial charge on any atom is 0.306 e. The molecule has 0 aromatic heterocycles. The second-order valence-electron chi connectivity index (χ2n) is 4.13. The molecule has 0 amide bonds. The first-order chi connectivity index (χ1) is 7.65. The fraction of sp³-hybridized carbons (Fsp3) is 0.417. The van der Waals surface area contributed by atoms with Crippen molar-refractivity contribution in [2.45, 2.75) is 12.5 Å². The molecule has 0 spiro atoms. The highest BCUT2D eigenvalue weighted by atomic mass is 79.9. The summed E-state index contributed by atoms with van der Waals surface area (Å²) in [7, 11) is 1.88. The minimum atomic E-state index is -0.683. The van der Waals surface area contributed by atoms with Gasteiger partial charge in [0.25, 0.3) is 0 Å². The van der Waals surface area contributed by atoms with E-state index in [1.807, 2.05) is 31.3 Å². The van der Waals surface area contributed by atoms with Gasteiger partial charge in [-0.2, -0.15) is 0 Å². The molecule has 3 nitrogen and oxygen atoms in total. The molecule has 3 atom stereocenters. The van der Waals surface area contributed by atoms with Crippen LogP contribution in [0.1, 0.15) is 18.0 Å². The molecular formula is C12H14BrNO2. The Bertz CT molecular complexity index is 408. The molecule has 4 heteroatoms. The van der Waals surface area contributed by atoms with Crippen molar-refractivity contribution < 1.29 is 9.90 Å². The number of carboxylic acids is 1. The van der Waals surface area contributed by atoms with E-state index in [4.69, 9.17) is 5.11 Å². The first kappa shape index (κ1) is 11.6. The molecule has 2 N–H and O–H groups in total. The Morgan fingerprint density at radius 1 is 1.56 bits per heavy atom. The molecule has 86 valence electrons. The molecule has 0 radical (unpaired) electrons. The number of aliphatic carboxylic acids is 1. The van der Waals surface area contributed by atoms with Crippen molar-refractivity contribution in [2.24, 2.45) is 11.8 Å². The molecule has 2 rings (SSSR count). The van der Waals surface area contributed by atoms with Crippen LogP contribution in [0, 0.1) is 11.8 Å². The smallest absolute Gasteiger partial charge is 0.306 e. The monoisotopic (exact) mass is 283 g/mol. The van der Waals surface area contributed by atoms with Crippen LogP contribution in [0.15, 0.2) is 28.7 Å². The average Bonchev–Trinajstić information content (AvgIpc) is 3.02. The van der Waals surface area contributed by atoms with Gasteiger partial charge >= 0.3 is 5.97 Å². The van der Waals surface area contributed by atoms with E-state index < -0.39 is 5.97 Å². The van der Waals surface area contributed by atoms with E-state index in [1.54, 1.807) is 0 Å². The summed E-state index contributed by atoms with van der Waals surface area (Å²) in [5.74, 6) is -0.664. The number of rotatable bonds is 4. The summed E-state index contributed by atoms with van der Waals surface area (Å²) < 4.78 is 1.03. The standard InChI is InChI=1S/C12H14BrNO2/c1-14-11(8-6-9(8)12(15)16)7-4-2-3-5-10(7)13/h2-5,8-9,11,14H,6H2,1H3,(H,15,16). The molecule has 1 aliphatic carbocycles. The summed E-state index contributed by atoms with van der Waals surface area (Å²) in [6.45, 7) is 0. The van der Waals surface area contributed by atoms with Crippen LogP contribution in [0.3, 0.4) is 0 Å². The molecule has 16 heavy (non-hydrogen) atoms. The second kappa shape index (κ2) is 4.55. The molecule has 0 bridgehead atoms. The van der Waals surface area contributed by atoms with E-state index in [2.05, 4.69) is 21.2 Å². The predicted molar refractivity (Wildman–Crippen MR) is 65.2 cm³/mol. The van der Waals surface area contributed by atoms with Gasteiger partial charge in [-0.05, 0) is 31.0 Å². The van der Waals surface area contributed by atoms with E-state index in [-0.39, 0.29) is 17.9 Å². The molecule has 1 saturated carbocycles. The Hall–Kier alpha value is -0.870. The third-order valence-electron chi connectivity index (χ3n) is 3.14. The quantitative estimate of drug-likeness (QED) is 0.892. The number of halogens is 1. The van der Waals surface area contributed by atoms with Crippen molar-refractivity contribution in [1.82, 2.24) is 5.32 Å². The highest BCUT2D eigenvalue weighted by Crippen LogP contribution is 2.48. The summed E-state index contributed by atoms with van der Waals surface area (Å²) >= 11 is 3.50. The van der Waals surface area contributed by atoms with Crippen LogP contribution in [0.2, 0.25) is 0 Å². The van der Waals surface area contributed by atoms with Crippen molar-refractivity contribution in [2.75, 3.05) is 7.05 Å². The van der Waals surface area contributed by atoms with Crippen LogP contribution in [-0.2, 0) is 4.79 Å². The lowest BCUT2D eigenvalue weighted by Gasteiger charge is -2.17. The van der Waals surface area contributed by atoms with Crippen LogP contribution in [0.4, 0.5) is 0 Å². The lowest BCUT2D eigenvalue weighted by Crippen LogP contribution is -2.20. The Balaban J connectivity index is 2.19. The molecule has 1 aliphatic rings. The molecule has 3 unspecified atom stereocenters. The van der Waals surface area contributed by atoms with Gasteiger partial charge in [0.1, 0.15) is 0 Å². The summed E-state index contributed by atoms with van der Waals surface area (Å²) in [6.07, 6.45) is 0.766. The fourth-order valence-corrected chi connectivity index (χ4v) is 2.73. The average molecular weight is 284 g/mol. The van der Waals surface area contributed by atoms with Gasteiger partial charge in [-0.15, -0.1) is 0 Å². The van der Waals surface area contributed by atoms with Crippen molar-refractivity contribution in [3.63, 3.8) is 0 Å². The third kappa shape index (κ3) is 2.13. The number of carbonyl (C=O) groups is 1. The van der Waals surface area contributed by atoms with Gasteiger partial charge in [0.05, 0.1) is 5.92 Å². The third-order valence-corrected chi connectivity index (χ3v) is 3.86. The molecular weight excluding hydrogens is 270 g/mol. The van der Waals surface area contributed by atoms with E-state index in [0.29, 0.717) is 0 Å². The minimum absolute atomic E-state index is 0.122. The Morgan fingerprint density at radius 3 is 2.75 bits per heavy atom. The second-order valence-corrected chi connectivity index (χ2v) is 4.99. The van der Waals surface area contributed by atoms with Crippen LogP contribution in [0.5, 0.6) is 0 Å². The Morgan fingerprint density at radius 2 is 2.25 bits per heavy atom. The fourth-order valence-electron chi connectivity index (χ4n) is 2.19. The van der Waals surface area contributed by atoms with E-state index in [9.17, 15) is 4.79 Å². The van der Waals surface area contributed by atoms with Gasteiger partial charge in [-0.25, -0.2) is 0 Å². The SMILES string of the molecule is CNC(c1ccccc1Br)C1CC1C(=O)O. The van der Waals surface area contributed by atoms with Crippen molar-refractivity contribution in [1.29, 1.82) is 0 Å². The van der Waals surface area contributed by atoms with Crippen LogP contribution >= 0.6 is 15.9 Å². The van der Waals surface area contributed by atoms with E-state index in [1.165, 1.54) is 0 Å². The zero-order valence-electron chi connectivity index (χ0n) is 8.98. The Kier molecular flexibility index (Phi) is 3.30. The summed E-state index contributed by atoms with van der Waals surface area (Å²) in [5.41, 5.74) is 1.14. The molecule has 0 saturated heterocycles. The van der Waals surface area contributed by atoms with Gasteiger partial charge < -0.3 is 10.4 Å². The number of nitrogens with one attached hydrogen (secondary N) is 1. The molecule has 0 heterocycles. The first-order valence-corrected chi connectivity index (χ1v) is 6.09. The normalized spacial score (nSPS) is 25.1. The summed E-state index contributed by atoms with van der Waals surface area (Å²) in [4.78, 5) is 10.9. The lowest BCUT2D eigenvalue weighted by molar-refractivity contribution is -0.138. The Labute approximate surface area is 103 Å². The minimum Gasteiger partial charge on any atom is -0.481 e. The number of benzene rings is 1. The van der Waals surface area contributed by atoms with Crippen LogP contribution in [0.25, 0.3) is 0 Å². The number of hydrogen-bond acceptors (Lipinski definition) is 2. The number of carboxylic acid groups (broad SMARTS) is 1. The van der Waals surface area contributed by atoms with Gasteiger partial charge in [0, 0.05) is 10.5 Å². The van der Waals surface area contributed by atoms with Gasteiger partial charge in [0.15, 0.2) is 0 Å². The maximum absolute atomic E-state index is 10.9. The van der Waals surface area contributed by atoms with E-state index >= 15 is 0 Å². The topological polar surface area (TPSA) is 49.3 Å². The highest BCUT2D eigenvalue weighted by Gasteiger charge is 2.48. The van der Waals surface area contributed by atoms with Gasteiger partial charge in [0.2, 0.25) is 0 Å². The molecule has 1 fully saturated rings. The van der Waals surface area contributed by atoms with Crippen LogP contribution in [-0.4, -0.2) is 18.1 Å². The predicted octanol–water partition coefficient (Wildman–Crippen LogP) is 2.43. The summed E-state index contributed by atoms with van der Waals surface area (Å²) in [6, 6.07) is 8.07. The largest absolute Gasteiger partial charge is 0.481 e. The van der Waals surface area contributed by atoms with Crippen molar-refractivity contribution in [3.8, 4) is 0 Å². The van der Waals surface area contributed by atoms with Gasteiger partial charge in [-0.3, -0.25) is 4.79 Å². The first-order valence-electron chi connectivity index (χ1n) is 5.29. The maximum atomic E-state index is 10.9. The highest BCUT2D eigenvalue weighted by molar-refractivity contribution is 9.10. The van der Waals surface area contributed by atoms with Crippen molar-refractivity contribution in [3.05, 3.63) is 34.3 Å². The molecule has 1 aromatic carbocycles. The zero-order chi connectivity index (χ0) is 11.7. The molecule has 0 aliphatic heterocycles.